The van der Waals surface area contributed by atoms with Crippen molar-refractivity contribution in [2.45, 2.75) is 53.5 Å². The Hall–Kier alpha value is -0.0400. The molecule has 1 aliphatic heterocycles. The van der Waals surface area contributed by atoms with Gasteiger partial charge in [0.05, 0.1) is 0 Å². The van der Waals surface area contributed by atoms with E-state index in [9.17, 15) is 0 Å². The molecule has 0 amide bonds. The van der Waals surface area contributed by atoms with E-state index >= 15 is 0 Å². The summed E-state index contributed by atoms with van der Waals surface area (Å²) in [5.74, 6) is 1.60. The zero-order chi connectivity index (χ0) is 10.1. The lowest BCUT2D eigenvalue weighted by molar-refractivity contribution is 0.160. The van der Waals surface area contributed by atoms with Crippen molar-refractivity contribution in [3.05, 3.63) is 0 Å². The van der Waals surface area contributed by atoms with Gasteiger partial charge in [-0.1, -0.05) is 34.6 Å². The van der Waals surface area contributed by atoms with Gasteiger partial charge in [-0.3, -0.25) is 0 Å². The van der Waals surface area contributed by atoms with Gasteiger partial charge in [0.15, 0.2) is 0 Å². The molecule has 0 bridgehead atoms. The molecule has 0 aromatic rings. The van der Waals surface area contributed by atoms with Crippen molar-refractivity contribution >= 4 is 0 Å². The molecular formula is C12H25N. The normalized spacial score (nSPS) is 28.8. The van der Waals surface area contributed by atoms with Crippen molar-refractivity contribution < 1.29 is 0 Å². The summed E-state index contributed by atoms with van der Waals surface area (Å²) in [5.41, 5.74) is 0.448. The summed E-state index contributed by atoms with van der Waals surface area (Å²) in [4.78, 5) is 0. The summed E-state index contributed by atoms with van der Waals surface area (Å²) in [5, 5.41) is 3.61. The number of hydrogen-bond acceptors (Lipinski definition) is 1. The second-order valence-electron chi connectivity index (χ2n) is 5.72. The Labute approximate surface area is 83.3 Å². The molecule has 1 nitrogen and oxygen atoms in total. The van der Waals surface area contributed by atoms with Crippen LogP contribution in [0.15, 0.2) is 0 Å². The predicted molar refractivity (Wildman–Crippen MR) is 58.8 cm³/mol. The first kappa shape index (κ1) is 11.0. The molecule has 1 heteroatoms. The summed E-state index contributed by atoms with van der Waals surface area (Å²) < 4.78 is 0. The molecule has 0 aromatic carbocycles. The summed E-state index contributed by atoms with van der Waals surface area (Å²) in [6.07, 6.45) is 2.74. The highest BCUT2D eigenvalue weighted by Crippen LogP contribution is 2.34. The van der Waals surface area contributed by atoms with Crippen molar-refractivity contribution in [3.8, 4) is 0 Å². The highest BCUT2D eigenvalue weighted by atomic mass is 14.9. The van der Waals surface area contributed by atoms with Crippen molar-refractivity contribution in [3.63, 3.8) is 0 Å². The SMILES string of the molecule is CC(C1CCCN1)C(C)C(C)(C)C. The molecule has 1 heterocycles. The van der Waals surface area contributed by atoms with Crippen LogP contribution in [-0.4, -0.2) is 12.6 Å². The first-order valence-corrected chi connectivity index (χ1v) is 5.66. The van der Waals surface area contributed by atoms with Crippen LogP contribution in [0.1, 0.15) is 47.5 Å². The molecule has 0 radical (unpaired) electrons. The second-order valence-corrected chi connectivity index (χ2v) is 5.72. The fourth-order valence-corrected chi connectivity index (χ4v) is 2.30. The minimum atomic E-state index is 0.448. The average Bonchev–Trinajstić information content (AvgIpc) is 2.51. The average molecular weight is 183 g/mol. The third kappa shape index (κ3) is 2.70. The van der Waals surface area contributed by atoms with Crippen LogP contribution in [0.2, 0.25) is 0 Å². The van der Waals surface area contributed by atoms with E-state index in [1.807, 2.05) is 0 Å². The number of nitrogens with one attached hydrogen (secondary N) is 1. The zero-order valence-electron chi connectivity index (χ0n) is 9.85. The Balaban J connectivity index is 2.50. The first-order chi connectivity index (χ1) is 5.93. The van der Waals surface area contributed by atoms with Crippen LogP contribution in [-0.2, 0) is 0 Å². The van der Waals surface area contributed by atoms with Crippen LogP contribution >= 0.6 is 0 Å². The zero-order valence-corrected chi connectivity index (χ0v) is 9.85. The van der Waals surface area contributed by atoms with Crippen LogP contribution < -0.4 is 5.32 Å². The van der Waals surface area contributed by atoms with Crippen LogP contribution in [0.3, 0.4) is 0 Å². The van der Waals surface area contributed by atoms with E-state index in [-0.39, 0.29) is 0 Å². The van der Waals surface area contributed by atoms with E-state index in [2.05, 4.69) is 39.9 Å². The Morgan fingerprint density at radius 3 is 2.23 bits per heavy atom. The topological polar surface area (TPSA) is 12.0 Å². The molecule has 1 fully saturated rings. The molecule has 1 saturated heterocycles. The lowest BCUT2D eigenvalue weighted by Crippen LogP contribution is -2.37. The highest BCUT2D eigenvalue weighted by Gasteiger charge is 2.31. The fraction of sp³-hybridized carbons (Fsp3) is 1.00. The lowest BCUT2D eigenvalue weighted by Gasteiger charge is -2.35. The summed E-state index contributed by atoms with van der Waals surface area (Å²) in [6, 6.07) is 0.772. The Morgan fingerprint density at radius 2 is 1.85 bits per heavy atom. The van der Waals surface area contributed by atoms with Crippen LogP contribution in [0.25, 0.3) is 0 Å². The largest absolute Gasteiger partial charge is 0.314 e. The van der Waals surface area contributed by atoms with Crippen molar-refractivity contribution in [2.24, 2.45) is 17.3 Å². The van der Waals surface area contributed by atoms with Gasteiger partial charge in [0, 0.05) is 6.04 Å². The third-order valence-electron chi connectivity index (χ3n) is 3.89. The van der Waals surface area contributed by atoms with Gasteiger partial charge in [-0.2, -0.15) is 0 Å². The molecule has 0 aliphatic carbocycles. The van der Waals surface area contributed by atoms with Gasteiger partial charge in [0.2, 0.25) is 0 Å². The standard InChI is InChI=1S/C12H25N/c1-9(10(2)12(3,4)5)11-7-6-8-13-11/h9-11,13H,6-8H2,1-5H3. The molecule has 0 aromatic heterocycles. The molecule has 13 heavy (non-hydrogen) atoms. The third-order valence-corrected chi connectivity index (χ3v) is 3.89. The predicted octanol–water partition coefficient (Wildman–Crippen LogP) is 3.06. The lowest BCUT2D eigenvalue weighted by atomic mass is 9.72. The monoisotopic (exact) mass is 183 g/mol. The smallest absolute Gasteiger partial charge is 0.00959 e. The van der Waals surface area contributed by atoms with Gasteiger partial charge in [0.1, 0.15) is 0 Å². The molecule has 0 saturated carbocycles. The van der Waals surface area contributed by atoms with Crippen molar-refractivity contribution in [2.75, 3.05) is 6.54 Å². The van der Waals surface area contributed by atoms with E-state index < -0.39 is 0 Å². The molecular weight excluding hydrogens is 158 g/mol. The molecule has 78 valence electrons. The van der Waals surface area contributed by atoms with Crippen molar-refractivity contribution in [1.29, 1.82) is 0 Å². The fourth-order valence-electron chi connectivity index (χ4n) is 2.30. The van der Waals surface area contributed by atoms with Crippen LogP contribution in [0.5, 0.6) is 0 Å². The van der Waals surface area contributed by atoms with Gasteiger partial charge >= 0.3 is 0 Å². The molecule has 1 rings (SSSR count). The van der Waals surface area contributed by atoms with E-state index in [0.29, 0.717) is 5.41 Å². The quantitative estimate of drug-likeness (QED) is 0.694. The maximum atomic E-state index is 3.61. The number of rotatable bonds is 2. The molecule has 1 N–H and O–H groups in total. The highest BCUT2D eigenvalue weighted by molar-refractivity contribution is 4.85. The number of hydrogen-bond donors (Lipinski definition) is 1. The van der Waals surface area contributed by atoms with Gasteiger partial charge in [-0.15, -0.1) is 0 Å². The van der Waals surface area contributed by atoms with E-state index in [1.54, 1.807) is 0 Å². The van der Waals surface area contributed by atoms with Gasteiger partial charge in [-0.05, 0) is 36.6 Å². The van der Waals surface area contributed by atoms with E-state index in [1.165, 1.54) is 19.4 Å². The van der Waals surface area contributed by atoms with Gasteiger partial charge in [-0.25, -0.2) is 0 Å². The van der Waals surface area contributed by atoms with E-state index in [0.717, 1.165) is 17.9 Å². The Kier molecular flexibility index (Phi) is 3.39. The second kappa shape index (κ2) is 4.00. The van der Waals surface area contributed by atoms with Crippen LogP contribution in [0.4, 0.5) is 0 Å². The van der Waals surface area contributed by atoms with Gasteiger partial charge < -0.3 is 5.32 Å². The van der Waals surface area contributed by atoms with Crippen LogP contribution in [0, 0.1) is 17.3 Å². The molecule has 0 spiro atoms. The summed E-state index contributed by atoms with van der Waals surface area (Å²) >= 11 is 0. The Bertz CT molecular complexity index is 151. The van der Waals surface area contributed by atoms with Gasteiger partial charge in [0.25, 0.3) is 0 Å². The summed E-state index contributed by atoms with van der Waals surface area (Å²) in [6.45, 7) is 13.1. The maximum Gasteiger partial charge on any atom is 0.00959 e. The molecule has 3 unspecified atom stereocenters. The molecule has 1 aliphatic rings. The summed E-state index contributed by atoms with van der Waals surface area (Å²) in [7, 11) is 0. The first-order valence-electron chi connectivity index (χ1n) is 5.66. The van der Waals surface area contributed by atoms with E-state index in [4.69, 9.17) is 0 Å². The minimum absolute atomic E-state index is 0.448. The Morgan fingerprint density at radius 1 is 1.23 bits per heavy atom. The minimum Gasteiger partial charge on any atom is -0.314 e. The van der Waals surface area contributed by atoms with Crippen molar-refractivity contribution in [1.82, 2.24) is 5.32 Å². The molecule has 3 atom stereocenters. The maximum absolute atomic E-state index is 3.61.